The summed E-state index contributed by atoms with van der Waals surface area (Å²) in [4.78, 5) is 0.688. The van der Waals surface area contributed by atoms with Crippen molar-refractivity contribution in [3.8, 4) is 0 Å². The van der Waals surface area contributed by atoms with Crippen LogP contribution >= 0.6 is 12.6 Å². The van der Waals surface area contributed by atoms with Crippen LogP contribution in [0.5, 0.6) is 0 Å². The first-order valence-electron chi connectivity index (χ1n) is 2.54. The highest BCUT2D eigenvalue weighted by atomic mass is 32.1. The molecule has 0 saturated carbocycles. The van der Waals surface area contributed by atoms with Crippen LogP contribution in [-0.2, 0) is 0 Å². The van der Waals surface area contributed by atoms with Gasteiger partial charge in [0, 0.05) is 4.91 Å². The van der Waals surface area contributed by atoms with Crippen molar-refractivity contribution in [2.24, 2.45) is 0 Å². The zero-order valence-corrected chi connectivity index (χ0v) is 6.20. The van der Waals surface area contributed by atoms with Crippen molar-refractivity contribution in [1.29, 1.82) is 0 Å². The molecular weight excluding hydrogens is 128 g/mol. The normalized spacial score (nSPS) is 9.44. The number of rotatable bonds is 3. The minimum Gasteiger partial charge on any atom is -0.143 e. The molecule has 0 spiro atoms. The quantitative estimate of drug-likeness (QED) is 0.450. The van der Waals surface area contributed by atoms with Crippen LogP contribution in [0.25, 0.3) is 0 Å². The van der Waals surface area contributed by atoms with E-state index in [0.29, 0.717) is 4.91 Å². The molecule has 0 N–H and O–H groups in total. The van der Waals surface area contributed by atoms with Gasteiger partial charge in [0.25, 0.3) is 0 Å². The van der Waals surface area contributed by atoms with Gasteiger partial charge in [0.1, 0.15) is 0 Å². The van der Waals surface area contributed by atoms with Crippen molar-refractivity contribution in [1.82, 2.24) is 0 Å². The molecule has 0 aliphatic heterocycles. The van der Waals surface area contributed by atoms with E-state index < -0.39 is 0 Å². The molecule has 0 aromatic heterocycles. The van der Waals surface area contributed by atoms with Crippen molar-refractivity contribution < 1.29 is 0 Å². The van der Waals surface area contributed by atoms with E-state index in [4.69, 9.17) is 0 Å². The summed E-state index contributed by atoms with van der Waals surface area (Å²) in [6.45, 7) is 10.8. The van der Waals surface area contributed by atoms with Crippen LogP contribution in [0.1, 0.15) is 0 Å². The summed E-state index contributed by atoms with van der Waals surface area (Å²) in [5.41, 5.74) is 0.818. The Labute approximate surface area is 61.7 Å². The number of hydrogen-bond donors (Lipinski definition) is 1. The third-order valence-electron chi connectivity index (χ3n) is 0.804. The van der Waals surface area contributed by atoms with Crippen molar-refractivity contribution >= 4 is 12.6 Å². The van der Waals surface area contributed by atoms with Crippen LogP contribution in [-0.4, -0.2) is 0 Å². The summed E-state index contributed by atoms with van der Waals surface area (Å²) in [7, 11) is 0. The van der Waals surface area contributed by atoms with Crippen LogP contribution in [0.2, 0.25) is 0 Å². The molecule has 0 heterocycles. The number of hydrogen-bond acceptors (Lipinski definition) is 1. The van der Waals surface area contributed by atoms with E-state index in [2.05, 4.69) is 32.4 Å². The third kappa shape index (κ3) is 3.86. The van der Waals surface area contributed by atoms with E-state index in [9.17, 15) is 0 Å². The Bertz CT molecular complexity index is 163. The van der Waals surface area contributed by atoms with Gasteiger partial charge in [-0.25, -0.2) is 0 Å². The maximum Gasteiger partial charge on any atom is 0.00346 e. The maximum absolute atomic E-state index is 3.99. The summed E-state index contributed by atoms with van der Waals surface area (Å²) in [5, 5.41) is 0. The predicted octanol–water partition coefficient (Wildman–Crippen LogP) is 2.73. The Kier molecular flexibility index (Phi) is 3.89. The van der Waals surface area contributed by atoms with E-state index in [1.54, 1.807) is 12.2 Å². The largest absolute Gasteiger partial charge is 0.143 e. The second-order valence-corrected chi connectivity index (χ2v) is 2.11. The van der Waals surface area contributed by atoms with Crippen LogP contribution in [0, 0.1) is 0 Å². The Hall–Kier alpha value is -0.690. The molecule has 0 unspecified atom stereocenters. The molecule has 0 nitrogen and oxygen atoms in total. The first kappa shape index (κ1) is 8.31. The Morgan fingerprint density at radius 2 is 1.89 bits per heavy atom. The van der Waals surface area contributed by atoms with Crippen molar-refractivity contribution in [2.75, 3.05) is 0 Å². The fourth-order valence-electron chi connectivity index (χ4n) is 0.280. The van der Waals surface area contributed by atoms with Gasteiger partial charge in [0.2, 0.25) is 0 Å². The smallest absolute Gasteiger partial charge is 0.00346 e. The minimum absolute atomic E-state index is 0.688. The zero-order chi connectivity index (χ0) is 7.28. The molecule has 0 atom stereocenters. The molecule has 0 bridgehead atoms. The monoisotopic (exact) mass is 138 g/mol. The standard InChI is InChI=1S/C8H10S/c1-4-5-6-7(2)8(3)9/h4-6,9H,1-3H2/b6-5-. The van der Waals surface area contributed by atoms with E-state index in [0.717, 1.165) is 5.57 Å². The summed E-state index contributed by atoms with van der Waals surface area (Å²) in [6, 6.07) is 0. The molecule has 1 heteroatoms. The van der Waals surface area contributed by atoms with Crippen LogP contribution in [0.4, 0.5) is 0 Å². The van der Waals surface area contributed by atoms with Crippen LogP contribution in [0.15, 0.2) is 48.4 Å². The lowest BCUT2D eigenvalue weighted by atomic mass is 10.3. The number of thiol groups is 1. The van der Waals surface area contributed by atoms with E-state index >= 15 is 0 Å². The molecule has 0 rings (SSSR count). The van der Waals surface area contributed by atoms with Crippen molar-refractivity contribution in [2.45, 2.75) is 0 Å². The zero-order valence-electron chi connectivity index (χ0n) is 5.30. The van der Waals surface area contributed by atoms with E-state index in [1.807, 2.05) is 6.08 Å². The fraction of sp³-hybridized carbons (Fsp3) is 0. The molecular formula is C8H10S. The average molecular weight is 138 g/mol. The lowest BCUT2D eigenvalue weighted by molar-refractivity contribution is 1.73. The molecule has 0 aromatic carbocycles. The lowest BCUT2D eigenvalue weighted by Gasteiger charge is -1.91. The fourth-order valence-corrected chi connectivity index (χ4v) is 0.355. The van der Waals surface area contributed by atoms with Gasteiger partial charge in [-0.05, 0) is 5.57 Å². The van der Waals surface area contributed by atoms with E-state index in [1.165, 1.54) is 0 Å². The summed E-state index contributed by atoms with van der Waals surface area (Å²) < 4.78 is 0. The summed E-state index contributed by atoms with van der Waals surface area (Å²) in [5.74, 6) is 0. The third-order valence-corrected chi connectivity index (χ3v) is 1.09. The van der Waals surface area contributed by atoms with Gasteiger partial charge in [-0.3, -0.25) is 0 Å². The summed E-state index contributed by atoms with van der Waals surface area (Å²) in [6.07, 6.45) is 5.29. The molecule has 0 aliphatic carbocycles. The molecule has 0 aliphatic rings. The van der Waals surface area contributed by atoms with Gasteiger partial charge in [0.15, 0.2) is 0 Å². The highest BCUT2D eigenvalue weighted by Crippen LogP contribution is 2.09. The van der Waals surface area contributed by atoms with Crippen LogP contribution in [0.3, 0.4) is 0 Å². The average Bonchev–Trinajstić information content (AvgIpc) is 1.82. The first-order valence-corrected chi connectivity index (χ1v) is 2.99. The minimum atomic E-state index is 0.688. The van der Waals surface area contributed by atoms with Gasteiger partial charge in [-0.1, -0.05) is 38.0 Å². The second-order valence-electron chi connectivity index (χ2n) is 1.57. The highest BCUT2D eigenvalue weighted by Gasteiger charge is 1.84. The molecule has 0 amide bonds. The molecule has 0 fully saturated rings. The van der Waals surface area contributed by atoms with Crippen molar-refractivity contribution in [3.05, 3.63) is 48.4 Å². The number of allylic oxidation sites excluding steroid dienone is 4. The van der Waals surface area contributed by atoms with Gasteiger partial charge in [-0.2, -0.15) is 0 Å². The molecule has 0 radical (unpaired) electrons. The lowest BCUT2D eigenvalue weighted by Crippen LogP contribution is -1.69. The SMILES string of the molecule is C=C/C=C\C(=C)C(=C)S. The summed E-state index contributed by atoms with van der Waals surface area (Å²) >= 11 is 3.99. The Morgan fingerprint density at radius 3 is 2.22 bits per heavy atom. The highest BCUT2D eigenvalue weighted by molar-refractivity contribution is 7.84. The van der Waals surface area contributed by atoms with Crippen molar-refractivity contribution in [3.63, 3.8) is 0 Å². The molecule has 9 heavy (non-hydrogen) atoms. The van der Waals surface area contributed by atoms with Gasteiger partial charge < -0.3 is 0 Å². The molecule has 0 saturated heterocycles. The van der Waals surface area contributed by atoms with Gasteiger partial charge in [-0.15, -0.1) is 12.6 Å². The van der Waals surface area contributed by atoms with Gasteiger partial charge in [0.05, 0.1) is 0 Å². The Morgan fingerprint density at radius 1 is 1.33 bits per heavy atom. The van der Waals surface area contributed by atoms with Gasteiger partial charge >= 0.3 is 0 Å². The molecule has 0 aromatic rings. The predicted molar refractivity (Wildman–Crippen MR) is 46.6 cm³/mol. The maximum atomic E-state index is 3.99. The topological polar surface area (TPSA) is 0 Å². The first-order chi connectivity index (χ1) is 4.18. The Balaban J connectivity index is 3.92. The van der Waals surface area contributed by atoms with Crippen LogP contribution < -0.4 is 0 Å². The van der Waals surface area contributed by atoms with E-state index in [-0.39, 0.29) is 0 Å². The molecule has 48 valence electrons. The second kappa shape index (κ2) is 4.21.